The summed E-state index contributed by atoms with van der Waals surface area (Å²) in [5.74, 6) is -0.0524. The molecule has 0 fully saturated rings. The molecule has 23 heavy (non-hydrogen) atoms. The van der Waals surface area contributed by atoms with Gasteiger partial charge < -0.3 is 10.4 Å². The first-order chi connectivity index (χ1) is 11.2. The van der Waals surface area contributed by atoms with E-state index < -0.39 is 0 Å². The summed E-state index contributed by atoms with van der Waals surface area (Å²) in [4.78, 5) is 19.6. The summed E-state index contributed by atoms with van der Waals surface area (Å²) in [5.41, 5.74) is 0.612. The fourth-order valence-electron chi connectivity index (χ4n) is 1.75. The molecule has 9 heteroatoms. The standard InChI is InChI=1S/C14H12N6O2S/c1-2-11(22)17-13-9(21)5-6-10(16-13)18-19-14-8-4-3-7-15-12(8)20-23-14/h3-7,21H,2H2,1H3,(H,16,17,22). The van der Waals surface area contributed by atoms with E-state index in [1.165, 1.54) is 23.7 Å². The van der Waals surface area contributed by atoms with E-state index in [-0.39, 0.29) is 29.7 Å². The van der Waals surface area contributed by atoms with Crippen LogP contribution in [0, 0.1) is 0 Å². The van der Waals surface area contributed by atoms with Crippen LogP contribution in [0.4, 0.5) is 16.6 Å². The van der Waals surface area contributed by atoms with Crippen LogP contribution in [0.2, 0.25) is 0 Å². The average molecular weight is 328 g/mol. The van der Waals surface area contributed by atoms with E-state index in [4.69, 9.17) is 0 Å². The number of carbonyl (C=O) groups is 1. The monoisotopic (exact) mass is 328 g/mol. The number of anilines is 1. The minimum Gasteiger partial charge on any atom is -0.504 e. The molecule has 0 spiro atoms. The van der Waals surface area contributed by atoms with E-state index >= 15 is 0 Å². The molecule has 0 saturated heterocycles. The van der Waals surface area contributed by atoms with Crippen LogP contribution >= 0.6 is 11.5 Å². The zero-order valence-corrected chi connectivity index (χ0v) is 12.9. The highest BCUT2D eigenvalue weighted by molar-refractivity contribution is 7.11. The molecule has 0 bridgehead atoms. The fraction of sp³-hybridized carbons (Fsp3) is 0.143. The van der Waals surface area contributed by atoms with Gasteiger partial charge in [0.25, 0.3) is 0 Å². The van der Waals surface area contributed by atoms with Gasteiger partial charge in [-0.1, -0.05) is 6.92 Å². The molecule has 3 heterocycles. The Hall–Kier alpha value is -2.94. The maximum absolute atomic E-state index is 11.4. The number of aromatic nitrogens is 3. The van der Waals surface area contributed by atoms with E-state index in [1.54, 1.807) is 19.2 Å². The summed E-state index contributed by atoms with van der Waals surface area (Å²) < 4.78 is 4.17. The third-order valence-electron chi connectivity index (χ3n) is 2.92. The van der Waals surface area contributed by atoms with Crippen LogP contribution in [0.3, 0.4) is 0 Å². The molecule has 0 aliphatic heterocycles. The van der Waals surface area contributed by atoms with Crippen molar-refractivity contribution in [2.45, 2.75) is 13.3 Å². The highest BCUT2D eigenvalue weighted by Crippen LogP contribution is 2.31. The first-order valence-electron chi connectivity index (χ1n) is 6.79. The Bertz CT molecular complexity index is 892. The molecule has 3 aromatic rings. The van der Waals surface area contributed by atoms with Crippen LogP contribution in [-0.4, -0.2) is 25.4 Å². The number of rotatable bonds is 4. The largest absolute Gasteiger partial charge is 0.504 e. The van der Waals surface area contributed by atoms with Crippen molar-refractivity contribution in [3.8, 4) is 5.75 Å². The van der Waals surface area contributed by atoms with Crippen molar-refractivity contribution < 1.29 is 9.90 Å². The molecule has 0 saturated carbocycles. The number of carbonyl (C=O) groups excluding carboxylic acids is 1. The number of nitrogens with zero attached hydrogens (tertiary/aromatic N) is 5. The lowest BCUT2D eigenvalue weighted by molar-refractivity contribution is -0.115. The van der Waals surface area contributed by atoms with Gasteiger partial charge in [0.05, 0.1) is 5.39 Å². The van der Waals surface area contributed by atoms with E-state index in [0.717, 1.165) is 5.39 Å². The summed E-state index contributed by atoms with van der Waals surface area (Å²) in [6, 6.07) is 6.56. The molecule has 3 rings (SSSR count). The number of nitrogens with one attached hydrogen (secondary N) is 1. The lowest BCUT2D eigenvalue weighted by Gasteiger charge is -2.04. The SMILES string of the molecule is CCC(=O)Nc1nc(N=Nc2snc3ncccc23)ccc1O. The molecule has 8 nitrogen and oxygen atoms in total. The average Bonchev–Trinajstić information content (AvgIpc) is 2.98. The zero-order valence-electron chi connectivity index (χ0n) is 12.1. The third-order valence-corrected chi connectivity index (χ3v) is 3.66. The molecule has 2 N–H and O–H groups in total. The predicted octanol–water partition coefficient (Wildman–Crippen LogP) is 3.56. The van der Waals surface area contributed by atoms with Crippen molar-refractivity contribution in [2.24, 2.45) is 10.2 Å². The lowest BCUT2D eigenvalue weighted by atomic mass is 10.3. The Balaban J connectivity index is 1.87. The second-order valence-corrected chi connectivity index (χ2v) is 5.25. The number of amides is 1. The van der Waals surface area contributed by atoms with Gasteiger partial charge in [0.2, 0.25) is 5.91 Å². The number of azo groups is 1. The van der Waals surface area contributed by atoms with Crippen LogP contribution in [-0.2, 0) is 4.79 Å². The molecular weight excluding hydrogens is 316 g/mol. The molecular formula is C14H12N6O2S. The second kappa shape index (κ2) is 6.44. The molecule has 0 radical (unpaired) electrons. The number of hydrogen-bond acceptors (Lipinski definition) is 8. The van der Waals surface area contributed by atoms with Gasteiger partial charge in [-0.15, -0.1) is 10.2 Å². The highest BCUT2D eigenvalue weighted by Gasteiger charge is 2.08. The summed E-state index contributed by atoms with van der Waals surface area (Å²) in [6.07, 6.45) is 1.94. The van der Waals surface area contributed by atoms with Gasteiger partial charge in [-0.3, -0.25) is 4.79 Å². The predicted molar refractivity (Wildman–Crippen MR) is 86.4 cm³/mol. The molecule has 0 atom stereocenters. The molecule has 3 aromatic heterocycles. The van der Waals surface area contributed by atoms with Gasteiger partial charge in [-0.25, -0.2) is 9.97 Å². The first-order valence-corrected chi connectivity index (χ1v) is 7.56. The minimum atomic E-state index is -0.249. The number of aromatic hydroxyl groups is 1. The minimum absolute atomic E-state index is 0.0594. The van der Waals surface area contributed by atoms with Crippen LogP contribution < -0.4 is 5.32 Å². The summed E-state index contributed by atoms with van der Waals surface area (Å²) in [7, 11) is 0. The quantitative estimate of drug-likeness (QED) is 0.711. The van der Waals surface area contributed by atoms with E-state index in [0.29, 0.717) is 10.6 Å². The topological polar surface area (TPSA) is 113 Å². The lowest BCUT2D eigenvalue weighted by Crippen LogP contribution is -2.10. The Morgan fingerprint density at radius 3 is 3.04 bits per heavy atom. The van der Waals surface area contributed by atoms with Gasteiger partial charge in [0.1, 0.15) is 0 Å². The zero-order chi connectivity index (χ0) is 16.2. The maximum atomic E-state index is 11.4. The van der Waals surface area contributed by atoms with Crippen molar-refractivity contribution in [3.63, 3.8) is 0 Å². The van der Waals surface area contributed by atoms with Crippen molar-refractivity contribution in [1.82, 2.24) is 14.3 Å². The summed E-state index contributed by atoms with van der Waals surface area (Å²) in [6.45, 7) is 1.71. The van der Waals surface area contributed by atoms with Crippen LogP contribution in [0.25, 0.3) is 11.0 Å². The van der Waals surface area contributed by atoms with Gasteiger partial charge in [-0.05, 0) is 35.8 Å². The van der Waals surface area contributed by atoms with Crippen molar-refractivity contribution >= 4 is 45.1 Å². The number of fused-ring (bicyclic) bond motifs is 1. The van der Waals surface area contributed by atoms with E-state index in [1.807, 2.05) is 6.07 Å². The maximum Gasteiger partial charge on any atom is 0.225 e. The second-order valence-electron chi connectivity index (χ2n) is 4.50. The molecule has 0 aromatic carbocycles. The molecule has 0 aliphatic carbocycles. The van der Waals surface area contributed by atoms with E-state index in [9.17, 15) is 9.90 Å². The molecule has 116 valence electrons. The van der Waals surface area contributed by atoms with Crippen LogP contribution in [0.1, 0.15) is 13.3 Å². The van der Waals surface area contributed by atoms with Crippen molar-refractivity contribution in [2.75, 3.05) is 5.32 Å². The number of pyridine rings is 2. The van der Waals surface area contributed by atoms with Gasteiger partial charge in [-0.2, -0.15) is 4.37 Å². The van der Waals surface area contributed by atoms with E-state index in [2.05, 4.69) is 29.9 Å². The van der Waals surface area contributed by atoms with Crippen LogP contribution in [0.5, 0.6) is 5.75 Å². The van der Waals surface area contributed by atoms with Gasteiger partial charge in [0, 0.05) is 12.6 Å². The summed E-state index contributed by atoms with van der Waals surface area (Å²) in [5, 5.41) is 21.8. The fourth-order valence-corrected chi connectivity index (χ4v) is 2.40. The molecule has 1 amide bonds. The summed E-state index contributed by atoms with van der Waals surface area (Å²) >= 11 is 1.18. The highest BCUT2D eigenvalue weighted by atomic mass is 32.1. The smallest absolute Gasteiger partial charge is 0.225 e. The first kappa shape index (κ1) is 15.0. The number of hydrogen-bond donors (Lipinski definition) is 2. The van der Waals surface area contributed by atoms with Crippen LogP contribution in [0.15, 0.2) is 40.7 Å². The third kappa shape index (κ3) is 3.29. The Kier molecular flexibility index (Phi) is 4.20. The molecule has 0 aliphatic rings. The van der Waals surface area contributed by atoms with Crippen molar-refractivity contribution in [1.29, 1.82) is 0 Å². The Morgan fingerprint density at radius 2 is 2.22 bits per heavy atom. The van der Waals surface area contributed by atoms with Gasteiger partial charge >= 0.3 is 0 Å². The Labute approximate surface area is 135 Å². The van der Waals surface area contributed by atoms with Gasteiger partial charge in [0.15, 0.2) is 28.0 Å². The Morgan fingerprint density at radius 1 is 1.35 bits per heavy atom. The molecule has 0 unspecified atom stereocenters. The van der Waals surface area contributed by atoms with Crippen molar-refractivity contribution in [3.05, 3.63) is 30.5 Å². The normalized spacial score (nSPS) is 11.2.